The number of non-ortho nitro benzene ring substituents is 1. The van der Waals surface area contributed by atoms with Gasteiger partial charge < -0.3 is 15.2 Å². The fraction of sp³-hybridized carbons (Fsp3) is 0.143. The summed E-state index contributed by atoms with van der Waals surface area (Å²) in [5.41, 5.74) is 8.93. The summed E-state index contributed by atoms with van der Waals surface area (Å²) in [6.07, 6.45) is 0. The number of nitro groups is 1. The lowest BCUT2D eigenvalue weighted by Gasteiger charge is -2.24. The average Bonchev–Trinajstić information content (AvgIpc) is 3.17. The molecule has 1 aliphatic rings. The van der Waals surface area contributed by atoms with Crippen LogP contribution in [0.1, 0.15) is 24.0 Å². The third-order valence-electron chi connectivity index (χ3n) is 4.83. The van der Waals surface area contributed by atoms with Gasteiger partial charge in [0.2, 0.25) is 11.8 Å². The van der Waals surface area contributed by atoms with Crippen molar-refractivity contribution in [1.29, 1.82) is 5.26 Å². The van der Waals surface area contributed by atoms with Crippen LogP contribution in [0.4, 0.5) is 5.69 Å². The van der Waals surface area contributed by atoms with E-state index in [9.17, 15) is 15.4 Å². The normalized spacial score (nSPS) is 15.1. The third kappa shape index (κ3) is 3.20. The molecule has 1 atom stereocenters. The summed E-state index contributed by atoms with van der Waals surface area (Å²) in [6.45, 7) is 2.47. The number of nitriles is 1. The molecule has 3 aromatic rings. The Kier molecular flexibility index (Phi) is 4.82. The van der Waals surface area contributed by atoms with Gasteiger partial charge >= 0.3 is 0 Å². The summed E-state index contributed by atoms with van der Waals surface area (Å²) in [5.74, 6) is 0.372. The predicted octanol–water partition coefficient (Wildman–Crippen LogP) is 3.60. The van der Waals surface area contributed by atoms with E-state index < -0.39 is 10.8 Å². The number of aromatic nitrogens is 2. The summed E-state index contributed by atoms with van der Waals surface area (Å²) < 4.78 is 11.1. The minimum atomic E-state index is -0.583. The Hall–Kier alpha value is -4.32. The van der Waals surface area contributed by atoms with E-state index in [0.717, 1.165) is 11.3 Å². The van der Waals surface area contributed by atoms with Gasteiger partial charge in [-0.2, -0.15) is 5.26 Å². The van der Waals surface area contributed by atoms with Crippen molar-refractivity contribution in [3.05, 3.63) is 81.2 Å². The topological polar surface area (TPSA) is 140 Å². The Balaban J connectivity index is 1.84. The molecule has 1 aliphatic heterocycles. The summed E-state index contributed by atoms with van der Waals surface area (Å²) in [7, 11) is 0. The first kappa shape index (κ1) is 19.0. The molecule has 0 saturated carbocycles. The van der Waals surface area contributed by atoms with E-state index in [1.807, 2.05) is 31.2 Å². The molecule has 0 amide bonds. The molecule has 0 aliphatic carbocycles. The molecule has 0 fully saturated rings. The molecule has 0 bridgehead atoms. The summed E-state index contributed by atoms with van der Waals surface area (Å²) in [6, 6.07) is 15.5. The van der Waals surface area contributed by atoms with E-state index in [-0.39, 0.29) is 23.0 Å². The van der Waals surface area contributed by atoms with Crippen LogP contribution in [-0.4, -0.2) is 21.7 Å². The highest BCUT2D eigenvalue weighted by atomic mass is 16.6. The second kappa shape index (κ2) is 7.60. The van der Waals surface area contributed by atoms with E-state index in [4.69, 9.17) is 15.2 Å². The van der Waals surface area contributed by atoms with Gasteiger partial charge in [-0.1, -0.05) is 12.1 Å². The monoisotopic (exact) mass is 403 g/mol. The van der Waals surface area contributed by atoms with Gasteiger partial charge in [-0.15, -0.1) is 5.10 Å². The second-order valence-electron chi connectivity index (χ2n) is 6.55. The predicted molar refractivity (Wildman–Crippen MR) is 108 cm³/mol. The van der Waals surface area contributed by atoms with Crippen LogP contribution in [0.25, 0.3) is 11.3 Å². The lowest BCUT2D eigenvalue weighted by Crippen LogP contribution is -2.21. The van der Waals surface area contributed by atoms with Crippen LogP contribution in [-0.2, 0) is 0 Å². The molecule has 0 unspecified atom stereocenters. The van der Waals surface area contributed by atoms with Crippen molar-refractivity contribution < 1.29 is 14.4 Å². The van der Waals surface area contributed by atoms with Crippen LogP contribution in [0, 0.1) is 21.4 Å². The quantitative estimate of drug-likeness (QED) is 0.490. The Bertz CT molecular complexity index is 1170. The number of aromatic amines is 1. The Labute approximate surface area is 171 Å². The molecule has 3 N–H and O–H groups in total. The Morgan fingerprint density at radius 3 is 2.57 bits per heavy atom. The van der Waals surface area contributed by atoms with E-state index in [1.165, 1.54) is 12.1 Å². The SMILES string of the molecule is CCOc1ccc(-c2[nH]nc3c2[C@H](c2ccc([N+](=O)[O-])cc2)C(C#N)=C(N)O3)cc1. The van der Waals surface area contributed by atoms with Gasteiger partial charge in [0.25, 0.3) is 5.69 Å². The number of H-pyrrole nitrogens is 1. The zero-order valence-electron chi connectivity index (χ0n) is 16.0. The van der Waals surface area contributed by atoms with Crippen molar-refractivity contribution >= 4 is 5.69 Å². The van der Waals surface area contributed by atoms with Crippen molar-refractivity contribution in [2.45, 2.75) is 12.8 Å². The maximum atomic E-state index is 11.0. The number of nitrogens with zero attached hydrogens (tertiary/aromatic N) is 3. The number of nitro benzene ring substituents is 1. The molecule has 4 rings (SSSR count). The van der Waals surface area contributed by atoms with Crippen molar-refractivity contribution in [1.82, 2.24) is 10.2 Å². The van der Waals surface area contributed by atoms with Gasteiger partial charge in [0.15, 0.2) is 0 Å². The standard InChI is InChI=1S/C21H17N5O4/c1-2-29-15-9-5-13(6-10-15)19-18-17(12-3-7-14(8-4-12)26(27)28)16(11-22)20(23)30-21(18)25-24-19/h3-10,17H,2,23H2,1H3,(H,24,25)/t17-/m1/s1. The molecule has 0 radical (unpaired) electrons. The molecule has 0 spiro atoms. The average molecular weight is 403 g/mol. The number of hydrogen-bond donors (Lipinski definition) is 2. The minimum Gasteiger partial charge on any atom is -0.494 e. The summed E-state index contributed by atoms with van der Waals surface area (Å²) in [4.78, 5) is 10.5. The third-order valence-corrected chi connectivity index (χ3v) is 4.83. The molecule has 2 aromatic carbocycles. The van der Waals surface area contributed by atoms with Crippen molar-refractivity contribution in [3.63, 3.8) is 0 Å². The Morgan fingerprint density at radius 2 is 1.97 bits per heavy atom. The number of rotatable bonds is 5. The van der Waals surface area contributed by atoms with Gasteiger partial charge in [-0.3, -0.25) is 15.2 Å². The number of nitrogens with two attached hydrogens (primary N) is 1. The molecule has 9 nitrogen and oxygen atoms in total. The van der Waals surface area contributed by atoms with Crippen LogP contribution in [0.15, 0.2) is 60.0 Å². The zero-order chi connectivity index (χ0) is 21.3. The maximum absolute atomic E-state index is 11.0. The number of nitrogens with one attached hydrogen (secondary N) is 1. The van der Waals surface area contributed by atoms with Gasteiger partial charge in [0, 0.05) is 17.7 Å². The molecule has 9 heteroatoms. The van der Waals surface area contributed by atoms with Crippen LogP contribution in [0.5, 0.6) is 11.6 Å². The van der Waals surface area contributed by atoms with Crippen molar-refractivity contribution in [3.8, 4) is 29.0 Å². The molecular weight excluding hydrogens is 386 g/mol. The fourth-order valence-corrected chi connectivity index (χ4v) is 3.47. The lowest BCUT2D eigenvalue weighted by molar-refractivity contribution is -0.384. The Morgan fingerprint density at radius 1 is 1.27 bits per heavy atom. The van der Waals surface area contributed by atoms with Crippen molar-refractivity contribution in [2.24, 2.45) is 5.73 Å². The highest BCUT2D eigenvalue weighted by Crippen LogP contribution is 2.45. The number of ether oxygens (including phenoxy) is 2. The molecule has 0 saturated heterocycles. The first-order valence-electron chi connectivity index (χ1n) is 9.17. The minimum absolute atomic E-state index is 0.0413. The van der Waals surface area contributed by atoms with E-state index in [0.29, 0.717) is 23.4 Å². The van der Waals surface area contributed by atoms with E-state index >= 15 is 0 Å². The smallest absolute Gasteiger partial charge is 0.269 e. The maximum Gasteiger partial charge on any atom is 0.269 e. The van der Waals surface area contributed by atoms with Gasteiger partial charge in [-0.05, 0) is 36.8 Å². The van der Waals surface area contributed by atoms with Crippen molar-refractivity contribution in [2.75, 3.05) is 6.61 Å². The van der Waals surface area contributed by atoms with E-state index in [2.05, 4.69) is 16.3 Å². The molecular formula is C21H17N5O4. The summed E-state index contributed by atoms with van der Waals surface area (Å²) >= 11 is 0. The highest BCUT2D eigenvalue weighted by Gasteiger charge is 2.35. The zero-order valence-corrected chi connectivity index (χ0v) is 16.0. The fourth-order valence-electron chi connectivity index (χ4n) is 3.47. The molecule has 150 valence electrons. The highest BCUT2D eigenvalue weighted by molar-refractivity contribution is 5.71. The van der Waals surface area contributed by atoms with Crippen LogP contribution < -0.4 is 15.2 Å². The lowest BCUT2D eigenvalue weighted by atomic mass is 9.83. The number of allylic oxidation sites excluding steroid dienone is 1. The molecule has 2 heterocycles. The van der Waals surface area contributed by atoms with Crippen LogP contribution in [0.3, 0.4) is 0 Å². The van der Waals surface area contributed by atoms with Crippen LogP contribution >= 0.6 is 0 Å². The largest absolute Gasteiger partial charge is 0.494 e. The number of benzene rings is 2. The van der Waals surface area contributed by atoms with Gasteiger partial charge in [0.05, 0.1) is 28.7 Å². The second-order valence-corrected chi connectivity index (χ2v) is 6.55. The molecule has 30 heavy (non-hydrogen) atoms. The van der Waals surface area contributed by atoms with Gasteiger partial charge in [0.1, 0.15) is 17.4 Å². The van der Waals surface area contributed by atoms with Gasteiger partial charge in [-0.25, -0.2) is 0 Å². The molecule has 1 aromatic heterocycles. The summed E-state index contributed by atoms with van der Waals surface area (Å²) in [5, 5.41) is 27.9. The van der Waals surface area contributed by atoms with E-state index in [1.54, 1.807) is 12.1 Å². The number of hydrogen-bond acceptors (Lipinski definition) is 7. The first-order chi connectivity index (χ1) is 14.5. The number of fused-ring (bicyclic) bond motifs is 1. The van der Waals surface area contributed by atoms with Crippen LogP contribution in [0.2, 0.25) is 0 Å². The first-order valence-corrected chi connectivity index (χ1v) is 9.17.